The maximum Gasteiger partial charge on any atom is 0.216 e. The van der Waals surface area contributed by atoms with Crippen LogP contribution in [0.2, 0.25) is 5.02 Å². The first-order valence-corrected chi connectivity index (χ1v) is 8.56. The van der Waals surface area contributed by atoms with Crippen molar-refractivity contribution in [2.24, 2.45) is 0 Å². The first-order chi connectivity index (χ1) is 9.35. The molecule has 0 aliphatic carbocycles. The molecule has 0 saturated carbocycles. The third kappa shape index (κ3) is 4.41. The highest BCUT2D eigenvalue weighted by molar-refractivity contribution is 7.88. The van der Waals surface area contributed by atoms with E-state index in [0.717, 1.165) is 19.4 Å². The quantitative estimate of drug-likeness (QED) is 0.892. The second kappa shape index (κ2) is 6.39. The minimum atomic E-state index is -3.45. The van der Waals surface area contributed by atoms with Crippen LogP contribution in [0.5, 0.6) is 0 Å². The lowest BCUT2D eigenvalue weighted by atomic mass is 10.0. The number of nitrogens with one attached hydrogen (secondary N) is 2. The van der Waals surface area contributed by atoms with Gasteiger partial charge in [0.15, 0.2) is 0 Å². The van der Waals surface area contributed by atoms with E-state index in [4.69, 9.17) is 11.6 Å². The van der Waals surface area contributed by atoms with Crippen LogP contribution in [0.1, 0.15) is 25.3 Å². The summed E-state index contributed by atoms with van der Waals surface area (Å²) in [6.07, 6.45) is 1.54. The molecule has 1 aromatic rings. The largest absolute Gasteiger partial charge is 0.314 e. The molecule has 0 bridgehead atoms. The van der Waals surface area contributed by atoms with Gasteiger partial charge in [-0.05, 0) is 44.0 Å². The second-order valence-electron chi connectivity index (χ2n) is 5.20. The summed E-state index contributed by atoms with van der Waals surface area (Å²) in [5.74, 6) is -0.737. The monoisotopic (exact) mass is 320 g/mol. The van der Waals surface area contributed by atoms with Gasteiger partial charge in [0.1, 0.15) is 5.82 Å². The summed E-state index contributed by atoms with van der Waals surface area (Å²) >= 11 is 5.66. The minimum absolute atomic E-state index is 0.0489. The fourth-order valence-corrected chi connectivity index (χ4v) is 4.01. The molecule has 1 aliphatic heterocycles. The smallest absolute Gasteiger partial charge is 0.216 e. The average Bonchev–Trinajstić information content (AvgIpc) is 2.33. The first kappa shape index (κ1) is 15.7. The van der Waals surface area contributed by atoms with Crippen LogP contribution in [0.25, 0.3) is 0 Å². The number of hydrogen-bond acceptors (Lipinski definition) is 3. The summed E-state index contributed by atoms with van der Waals surface area (Å²) in [7, 11) is -3.45. The van der Waals surface area contributed by atoms with E-state index >= 15 is 0 Å². The fraction of sp³-hybridized carbons (Fsp3) is 0.538. The molecule has 112 valence electrons. The predicted molar refractivity (Wildman–Crippen MR) is 77.7 cm³/mol. The lowest BCUT2D eigenvalue weighted by Gasteiger charge is -2.28. The summed E-state index contributed by atoms with van der Waals surface area (Å²) < 4.78 is 40.0. The van der Waals surface area contributed by atoms with Crippen molar-refractivity contribution in [2.75, 3.05) is 6.54 Å². The van der Waals surface area contributed by atoms with Gasteiger partial charge >= 0.3 is 0 Å². The Morgan fingerprint density at radius 2 is 2.25 bits per heavy atom. The van der Waals surface area contributed by atoms with Gasteiger partial charge in [-0.25, -0.2) is 17.5 Å². The second-order valence-corrected chi connectivity index (χ2v) is 7.36. The molecule has 4 nitrogen and oxygen atoms in total. The topological polar surface area (TPSA) is 58.2 Å². The Morgan fingerprint density at radius 3 is 2.90 bits per heavy atom. The van der Waals surface area contributed by atoms with Gasteiger partial charge in [0.2, 0.25) is 10.0 Å². The summed E-state index contributed by atoms with van der Waals surface area (Å²) in [5.41, 5.74) is 0.478. The van der Waals surface area contributed by atoms with Crippen molar-refractivity contribution >= 4 is 21.6 Å². The first-order valence-electron chi connectivity index (χ1n) is 6.53. The molecule has 1 fully saturated rings. The van der Waals surface area contributed by atoms with Gasteiger partial charge in [-0.15, -0.1) is 0 Å². The van der Waals surface area contributed by atoms with Crippen molar-refractivity contribution in [3.63, 3.8) is 0 Å². The van der Waals surface area contributed by atoms with E-state index in [1.54, 1.807) is 0 Å². The van der Waals surface area contributed by atoms with Crippen molar-refractivity contribution in [1.82, 2.24) is 10.0 Å². The van der Waals surface area contributed by atoms with Crippen LogP contribution in [0.15, 0.2) is 18.2 Å². The molecule has 0 amide bonds. The van der Waals surface area contributed by atoms with E-state index in [0.29, 0.717) is 11.6 Å². The van der Waals surface area contributed by atoms with Crippen LogP contribution < -0.4 is 10.0 Å². The number of piperidine rings is 1. The SMILES string of the molecule is CC1CC(NS(=O)(=O)Cc2ccc(F)c(Cl)c2)CCN1. The van der Waals surface area contributed by atoms with E-state index in [9.17, 15) is 12.8 Å². The number of sulfonamides is 1. The lowest BCUT2D eigenvalue weighted by molar-refractivity contribution is 0.361. The molecule has 2 rings (SSSR count). The van der Waals surface area contributed by atoms with Crippen LogP contribution in [0, 0.1) is 5.82 Å². The molecule has 7 heteroatoms. The summed E-state index contributed by atoms with van der Waals surface area (Å²) in [5, 5.41) is 3.21. The Morgan fingerprint density at radius 1 is 1.50 bits per heavy atom. The van der Waals surface area contributed by atoms with E-state index in [1.165, 1.54) is 18.2 Å². The van der Waals surface area contributed by atoms with Gasteiger partial charge in [0.05, 0.1) is 10.8 Å². The molecule has 1 saturated heterocycles. The van der Waals surface area contributed by atoms with Crippen LogP contribution in [-0.2, 0) is 15.8 Å². The molecule has 2 unspecified atom stereocenters. The van der Waals surface area contributed by atoms with Gasteiger partial charge in [-0.1, -0.05) is 17.7 Å². The van der Waals surface area contributed by atoms with Crippen LogP contribution in [0.3, 0.4) is 0 Å². The minimum Gasteiger partial charge on any atom is -0.314 e. The normalized spacial score (nSPS) is 23.8. The van der Waals surface area contributed by atoms with Crippen molar-refractivity contribution in [3.8, 4) is 0 Å². The number of halogens is 2. The highest BCUT2D eigenvalue weighted by atomic mass is 35.5. The Labute approximate surface area is 123 Å². The van der Waals surface area contributed by atoms with Crippen LogP contribution >= 0.6 is 11.6 Å². The van der Waals surface area contributed by atoms with Crippen molar-refractivity contribution < 1.29 is 12.8 Å². The van der Waals surface area contributed by atoms with Gasteiger partial charge < -0.3 is 5.32 Å². The molecular formula is C13H18ClFN2O2S. The average molecular weight is 321 g/mol. The summed E-state index contributed by atoms with van der Waals surface area (Å²) in [6, 6.07) is 4.22. The summed E-state index contributed by atoms with van der Waals surface area (Å²) in [6.45, 7) is 2.83. The van der Waals surface area contributed by atoms with Gasteiger partial charge in [-0.2, -0.15) is 0 Å². The zero-order valence-electron chi connectivity index (χ0n) is 11.2. The number of hydrogen-bond donors (Lipinski definition) is 2. The van der Waals surface area contributed by atoms with E-state index in [-0.39, 0.29) is 16.8 Å². The third-order valence-electron chi connectivity index (χ3n) is 3.31. The standard InChI is InChI=1S/C13H18ClFN2O2S/c1-9-6-11(4-5-16-9)17-20(18,19)8-10-2-3-13(15)12(14)7-10/h2-3,7,9,11,16-17H,4-6,8H2,1H3. The molecular weight excluding hydrogens is 303 g/mol. The van der Waals surface area contributed by atoms with Crippen molar-refractivity contribution in [2.45, 2.75) is 37.6 Å². The lowest BCUT2D eigenvalue weighted by Crippen LogP contribution is -2.46. The Bertz CT molecular complexity index is 580. The van der Waals surface area contributed by atoms with E-state index in [1.807, 2.05) is 6.92 Å². The molecule has 2 atom stereocenters. The molecule has 1 aliphatic rings. The zero-order valence-corrected chi connectivity index (χ0v) is 12.8. The Kier molecular flexibility index (Phi) is 5.01. The molecule has 2 N–H and O–H groups in total. The van der Waals surface area contributed by atoms with Gasteiger partial charge in [0, 0.05) is 12.1 Å². The van der Waals surface area contributed by atoms with Crippen molar-refractivity contribution in [1.29, 1.82) is 0 Å². The van der Waals surface area contributed by atoms with Gasteiger partial charge in [-0.3, -0.25) is 0 Å². The highest BCUT2D eigenvalue weighted by Crippen LogP contribution is 2.18. The maximum atomic E-state index is 13.0. The molecule has 1 aromatic carbocycles. The zero-order chi connectivity index (χ0) is 14.8. The van der Waals surface area contributed by atoms with E-state index in [2.05, 4.69) is 10.0 Å². The highest BCUT2D eigenvalue weighted by Gasteiger charge is 2.23. The summed E-state index contributed by atoms with van der Waals surface area (Å²) in [4.78, 5) is 0. The molecule has 20 heavy (non-hydrogen) atoms. The molecule has 1 heterocycles. The van der Waals surface area contributed by atoms with E-state index < -0.39 is 15.8 Å². The number of rotatable bonds is 4. The predicted octanol–water partition coefficient (Wildman–Crippen LogP) is 2.04. The fourth-order valence-electron chi connectivity index (χ4n) is 2.38. The molecule has 0 aromatic heterocycles. The number of benzene rings is 1. The molecule has 0 spiro atoms. The molecule has 0 radical (unpaired) electrons. The van der Waals surface area contributed by atoms with Crippen molar-refractivity contribution in [3.05, 3.63) is 34.6 Å². The third-order valence-corrected chi connectivity index (χ3v) is 5.01. The Balaban J connectivity index is 2.01. The maximum absolute atomic E-state index is 13.0. The van der Waals surface area contributed by atoms with Gasteiger partial charge in [0.25, 0.3) is 0 Å². The van der Waals surface area contributed by atoms with Crippen LogP contribution in [0.4, 0.5) is 4.39 Å². The Hall–Kier alpha value is -0.690. The van der Waals surface area contributed by atoms with Crippen LogP contribution in [-0.4, -0.2) is 27.0 Å².